The molecule has 4 rings (SSSR count). The Bertz CT molecular complexity index is 1110. The molecule has 142 valence electrons. The topological polar surface area (TPSA) is 95.6 Å². The molecule has 0 unspecified atom stereocenters. The zero-order valence-electron chi connectivity index (χ0n) is 14.9. The SMILES string of the molecule is C[C@@H](Nc1cncc(-c2c[nH]c3ncc(Cl)cc23)n1)C(=O)NCc1cccs1. The fourth-order valence-corrected chi connectivity index (χ4v) is 3.59. The molecule has 0 aliphatic heterocycles. The van der Waals surface area contributed by atoms with Crippen molar-refractivity contribution < 1.29 is 4.79 Å². The Balaban J connectivity index is 1.48. The molecule has 0 aliphatic carbocycles. The first-order valence-corrected chi connectivity index (χ1v) is 9.87. The van der Waals surface area contributed by atoms with Crippen LogP contribution in [0, 0.1) is 0 Å². The molecule has 7 nitrogen and oxygen atoms in total. The molecule has 0 saturated heterocycles. The van der Waals surface area contributed by atoms with E-state index >= 15 is 0 Å². The van der Waals surface area contributed by atoms with Gasteiger partial charge < -0.3 is 15.6 Å². The minimum absolute atomic E-state index is 0.108. The van der Waals surface area contributed by atoms with Gasteiger partial charge in [-0.05, 0) is 24.4 Å². The Morgan fingerprint density at radius 3 is 3.07 bits per heavy atom. The molecule has 0 radical (unpaired) electrons. The van der Waals surface area contributed by atoms with Gasteiger partial charge in [0.05, 0.1) is 29.7 Å². The van der Waals surface area contributed by atoms with Crippen LogP contribution in [0.5, 0.6) is 0 Å². The fourth-order valence-electron chi connectivity index (χ4n) is 2.78. The van der Waals surface area contributed by atoms with Gasteiger partial charge in [-0.25, -0.2) is 9.97 Å². The van der Waals surface area contributed by atoms with E-state index in [9.17, 15) is 4.79 Å². The number of nitrogens with zero attached hydrogens (tertiary/aromatic N) is 3. The van der Waals surface area contributed by atoms with Crippen LogP contribution in [0.15, 0.2) is 48.4 Å². The van der Waals surface area contributed by atoms with Gasteiger partial charge in [0.1, 0.15) is 17.5 Å². The highest BCUT2D eigenvalue weighted by Gasteiger charge is 2.15. The standard InChI is InChI=1S/C19H17ClN6OS/c1-11(19(27)24-7-13-3-2-4-28-13)25-17-10-21-9-16(26-17)15-8-23-18-14(15)5-12(20)6-22-18/h2-6,8-11H,7H2,1H3,(H,22,23)(H,24,27)(H,25,26)/t11-/m1/s1. The molecule has 1 amide bonds. The average Bonchev–Trinajstić information content (AvgIpc) is 3.35. The zero-order valence-corrected chi connectivity index (χ0v) is 16.5. The molecule has 0 fully saturated rings. The van der Waals surface area contributed by atoms with Gasteiger partial charge in [-0.3, -0.25) is 9.78 Å². The predicted molar refractivity (Wildman–Crippen MR) is 111 cm³/mol. The summed E-state index contributed by atoms with van der Waals surface area (Å²) in [5.41, 5.74) is 2.23. The Morgan fingerprint density at radius 1 is 1.36 bits per heavy atom. The Morgan fingerprint density at radius 2 is 2.25 bits per heavy atom. The molecule has 0 bridgehead atoms. The summed E-state index contributed by atoms with van der Waals surface area (Å²) in [7, 11) is 0. The van der Waals surface area contributed by atoms with Crippen molar-refractivity contribution in [2.45, 2.75) is 19.5 Å². The molecule has 3 N–H and O–H groups in total. The van der Waals surface area contributed by atoms with Crippen LogP contribution in [0.1, 0.15) is 11.8 Å². The van der Waals surface area contributed by atoms with Crippen LogP contribution in [0.4, 0.5) is 5.82 Å². The number of carbonyl (C=O) groups is 1. The third kappa shape index (κ3) is 3.97. The van der Waals surface area contributed by atoms with Gasteiger partial charge in [-0.1, -0.05) is 17.7 Å². The van der Waals surface area contributed by atoms with Crippen LogP contribution in [0.25, 0.3) is 22.3 Å². The van der Waals surface area contributed by atoms with Crippen molar-refractivity contribution in [3.63, 3.8) is 0 Å². The predicted octanol–water partition coefficient (Wildman–Crippen LogP) is 3.85. The van der Waals surface area contributed by atoms with Crippen LogP contribution in [0.3, 0.4) is 0 Å². The number of pyridine rings is 1. The van der Waals surface area contributed by atoms with Crippen molar-refractivity contribution in [2.75, 3.05) is 5.32 Å². The van der Waals surface area contributed by atoms with Crippen LogP contribution >= 0.6 is 22.9 Å². The molecule has 4 heterocycles. The smallest absolute Gasteiger partial charge is 0.242 e. The molecule has 4 aromatic rings. The highest BCUT2D eigenvalue weighted by Crippen LogP contribution is 2.28. The van der Waals surface area contributed by atoms with Crippen molar-refractivity contribution in [3.8, 4) is 11.3 Å². The number of carbonyl (C=O) groups excluding carboxylic acids is 1. The molecule has 9 heteroatoms. The number of fused-ring (bicyclic) bond motifs is 1. The zero-order chi connectivity index (χ0) is 19.5. The largest absolute Gasteiger partial charge is 0.357 e. The number of nitrogens with one attached hydrogen (secondary N) is 3. The molecule has 0 saturated carbocycles. The van der Waals surface area contributed by atoms with Crippen molar-refractivity contribution in [2.24, 2.45) is 0 Å². The van der Waals surface area contributed by atoms with Gasteiger partial charge in [0.2, 0.25) is 5.91 Å². The number of hydrogen-bond donors (Lipinski definition) is 3. The van der Waals surface area contributed by atoms with E-state index < -0.39 is 6.04 Å². The second-order valence-corrected chi connectivity index (χ2v) is 7.67. The van der Waals surface area contributed by atoms with E-state index in [2.05, 4.69) is 30.6 Å². The lowest BCUT2D eigenvalue weighted by Gasteiger charge is -2.14. The van der Waals surface area contributed by atoms with E-state index in [1.807, 2.05) is 29.8 Å². The summed E-state index contributed by atoms with van der Waals surface area (Å²) in [5, 5.41) is 9.40. The first-order valence-electron chi connectivity index (χ1n) is 8.62. The van der Waals surface area contributed by atoms with Crippen LogP contribution in [-0.4, -0.2) is 31.9 Å². The average molecular weight is 413 g/mol. The molecule has 0 spiro atoms. The minimum Gasteiger partial charge on any atom is -0.357 e. The third-order valence-corrected chi connectivity index (χ3v) is 5.27. The number of aromatic amines is 1. The van der Waals surface area contributed by atoms with Crippen molar-refractivity contribution in [3.05, 3.63) is 58.3 Å². The van der Waals surface area contributed by atoms with Gasteiger partial charge in [0.15, 0.2) is 0 Å². The Labute approximate surface area is 170 Å². The number of halogens is 1. The molecule has 1 atom stereocenters. The summed E-state index contributed by atoms with van der Waals surface area (Å²) in [6.07, 6.45) is 6.66. The van der Waals surface area contributed by atoms with Gasteiger partial charge in [-0.15, -0.1) is 11.3 Å². The number of amides is 1. The Kier molecular flexibility index (Phi) is 5.23. The number of hydrogen-bond acceptors (Lipinski definition) is 6. The number of anilines is 1. The van der Waals surface area contributed by atoms with Crippen molar-refractivity contribution in [1.82, 2.24) is 25.3 Å². The van der Waals surface area contributed by atoms with E-state index in [0.717, 1.165) is 21.5 Å². The number of H-pyrrole nitrogens is 1. The lowest BCUT2D eigenvalue weighted by Crippen LogP contribution is -2.37. The van der Waals surface area contributed by atoms with Crippen LogP contribution in [-0.2, 0) is 11.3 Å². The first kappa shape index (κ1) is 18.4. The van der Waals surface area contributed by atoms with Gasteiger partial charge in [-0.2, -0.15) is 0 Å². The quantitative estimate of drug-likeness (QED) is 0.447. The van der Waals surface area contributed by atoms with E-state index in [-0.39, 0.29) is 5.91 Å². The van der Waals surface area contributed by atoms with Crippen LogP contribution < -0.4 is 10.6 Å². The van der Waals surface area contributed by atoms with Crippen LogP contribution in [0.2, 0.25) is 5.02 Å². The molecule has 0 aromatic carbocycles. The van der Waals surface area contributed by atoms with E-state index in [0.29, 0.717) is 23.1 Å². The van der Waals surface area contributed by atoms with E-state index in [4.69, 9.17) is 11.6 Å². The van der Waals surface area contributed by atoms with Gasteiger partial charge >= 0.3 is 0 Å². The van der Waals surface area contributed by atoms with E-state index in [1.165, 1.54) is 0 Å². The summed E-state index contributed by atoms with van der Waals surface area (Å²) in [5.74, 6) is 0.407. The summed E-state index contributed by atoms with van der Waals surface area (Å²) >= 11 is 7.68. The lowest BCUT2D eigenvalue weighted by molar-refractivity contribution is -0.121. The van der Waals surface area contributed by atoms with Crippen molar-refractivity contribution >= 4 is 45.7 Å². The normalized spacial score (nSPS) is 12.1. The maximum Gasteiger partial charge on any atom is 0.242 e. The summed E-state index contributed by atoms with van der Waals surface area (Å²) in [4.78, 5) is 29.6. The molecule has 4 aromatic heterocycles. The lowest BCUT2D eigenvalue weighted by atomic mass is 10.1. The second kappa shape index (κ2) is 7.95. The maximum absolute atomic E-state index is 12.3. The Hall–Kier alpha value is -2.97. The highest BCUT2D eigenvalue weighted by atomic mass is 35.5. The van der Waals surface area contributed by atoms with Gasteiger partial charge in [0.25, 0.3) is 0 Å². The summed E-state index contributed by atoms with van der Waals surface area (Å²) in [6.45, 7) is 2.30. The number of rotatable bonds is 6. The first-order chi connectivity index (χ1) is 13.6. The summed E-state index contributed by atoms with van der Waals surface area (Å²) in [6, 6.07) is 5.32. The second-order valence-electron chi connectivity index (χ2n) is 6.20. The van der Waals surface area contributed by atoms with Gasteiger partial charge in [0, 0.05) is 28.2 Å². The number of thiophene rings is 1. The fraction of sp³-hybridized carbons (Fsp3) is 0.158. The number of aromatic nitrogens is 4. The van der Waals surface area contributed by atoms with E-state index in [1.54, 1.807) is 36.9 Å². The summed E-state index contributed by atoms with van der Waals surface area (Å²) < 4.78 is 0. The monoisotopic (exact) mass is 412 g/mol. The molecular weight excluding hydrogens is 396 g/mol. The maximum atomic E-state index is 12.3. The molecule has 0 aliphatic rings. The van der Waals surface area contributed by atoms with Crippen molar-refractivity contribution in [1.29, 1.82) is 0 Å². The minimum atomic E-state index is -0.455. The third-order valence-electron chi connectivity index (χ3n) is 4.18. The highest BCUT2D eigenvalue weighted by molar-refractivity contribution is 7.09. The molecule has 28 heavy (non-hydrogen) atoms. The molecular formula is C19H17ClN6OS.